The van der Waals surface area contributed by atoms with Gasteiger partial charge in [0.2, 0.25) is 5.91 Å². The molecular weight excluding hydrogens is 314 g/mol. The van der Waals surface area contributed by atoms with Gasteiger partial charge in [0.05, 0.1) is 12.2 Å². The fourth-order valence-corrected chi connectivity index (χ4v) is 2.97. The molecule has 0 saturated heterocycles. The molecule has 136 valence electrons. The smallest absolute Gasteiger partial charge is 0.220 e. The van der Waals surface area contributed by atoms with Crippen LogP contribution in [-0.4, -0.2) is 33.4 Å². The molecule has 5 nitrogen and oxygen atoms in total. The molecule has 1 aromatic heterocycles. The number of aliphatic hydroxyl groups is 1. The number of hydrogen-bond donors (Lipinski definition) is 2. The molecule has 0 fully saturated rings. The van der Waals surface area contributed by atoms with Gasteiger partial charge in [0.15, 0.2) is 0 Å². The lowest BCUT2D eigenvalue weighted by Gasteiger charge is -2.12. The van der Waals surface area contributed by atoms with Crippen LogP contribution >= 0.6 is 0 Å². The molecule has 0 bridgehead atoms. The summed E-state index contributed by atoms with van der Waals surface area (Å²) in [5.41, 5.74) is 5.73. The van der Waals surface area contributed by atoms with Gasteiger partial charge in [0.25, 0.3) is 0 Å². The van der Waals surface area contributed by atoms with E-state index >= 15 is 0 Å². The average molecular weight is 343 g/mol. The molecule has 0 aliphatic rings. The first-order valence-electron chi connectivity index (χ1n) is 8.89. The predicted octanol–water partition coefficient (Wildman–Crippen LogP) is 2.68. The SMILES string of the molecule is Cc1ccc(Cn2nc(C)c(CCC(=O)NC(C)CCO)c2C)cc1. The first-order chi connectivity index (χ1) is 11.9. The summed E-state index contributed by atoms with van der Waals surface area (Å²) in [5, 5.41) is 16.5. The monoisotopic (exact) mass is 343 g/mol. The zero-order chi connectivity index (χ0) is 18.4. The van der Waals surface area contributed by atoms with Crippen LogP contribution in [0.3, 0.4) is 0 Å². The van der Waals surface area contributed by atoms with Crippen molar-refractivity contribution in [1.29, 1.82) is 0 Å². The molecule has 1 unspecified atom stereocenters. The van der Waals surface area contributed by atoms with Crippen LogP contribution in [0.1, 0.15) is 47.8 Å². The van der Waals surface area contributed by atoms with Crippen LogP contribution in [-0.2, 0) is 17.8 Å². The number of nitrogens with zero attached hydrogens (tertiary/aromatic N) is 2. The number of nitrogens with one attached hydrogen (secondary N) is 1. The Kier molecular flexibility index (Phi) is 6.76. The van der Waals surface area contributed by atoms with E-state index in [1.165, 1.54) is 11.1 Å². The Labute approximate surface area is 150 Å². The fraction of sp³-hybridized carbons (Fsp3) is 0.500. The standard InChI is InChI=1S/C20H29N3O2/c1-14-5-7-18(8-6-14)13-23-17(4)19(16(3)22-23)9-10-20(25)21-15(2)11-12-24/h5-8,15,24H,9-13H2,1-4H3,(H,21,25). The van der Waals surface area contributed by atoms with Crippen molar-refractivity contribution in [3.05, 3.63) is 52.3 Å². The molecule has 1 amide bonds. The second kappa shape index (κ2) is 8.81. The Hall–Kier alpha value is -2.14. The molecule has 0 aliphatic carbocycles. The van der Waals surface area contributed by atoms with Gasteiger partial charge in [0.1, 0.15) is 0 Å². The molecule has 0 saturated carbocycles. The number of benzene rings is 1. The molecule has 1 heterocycles. The molecule has 2 aromatic rings. The van der Waals surface area contributed by atoms with Crippen molar-refractivity contribution in [3.63, 3.8) is 0 Å². The fourth-order valence-electron chi connectivity index (χ4n) is 2.97. The van der Waals surface area contributed by atoms with E-state index in [4.69, 9.17) is 5.11 Å². The van der Waals surface area contributed by atoms with Gasteiger partial charge in [-0.1, -0.05) is 29.8 Å². The van der Waals surface area contributed by atoms with Crippen molar-refractivity contribution in [2.45, 2.75) is 59.5 Å². The van der Waals surface area contributed by atoms with Gasteiger partial charge >= 0.3 is 0 Å². The lowest BCUT2D eigenvalue weighted by molar-refractivity contribution is -0.121. The number of aromatic nitrogens is 2. The maximum Gasteiger partial charge on any atom is 0.220 e. The van der Waals surface area contributed by atoms with Crippen LogP contribution in [0.25, 0.3) is 0 Å². The maximum atomic E-state index is 12.0. The number of aryl methyl sites for hydroxylation is 2. The normalized spacial score (nSPS) is 12.2. The molecule has 1 aromatic carbocycles. The molecule has 0 aliphatic heterocycles. The summed E-state index contributed by atoms with van der Waals surface area (Å²) < 4.78 is 2.02. The topological polar surface area (TPSA) is 67.2 Å². The second-order valence-corrected chi connectivity index (χ2v) is 6.77. The summed E-state index contributed by atoms with van der Waals surface area (Å²) in [6, 6.07) is 8.48. The van der Waals surface area contributed by atoms with Crippen LogP contribution in [0.4, 0.5) is 0 Å². The third kappa shape index (κ3) is 5.43. The largest absolute Gasteiger partial charge is 0.396 e. The maximum absolute atomic E-state index is 12.0. The van der Waals surface area contributed by atoms with Crippen LogP contribution in [0.5, 0.6) is 0 Å². The van der Waals surface area contributed by atoms with Gasteiger partial charge in [-0.05, 0) is 51.7 Å². The number of carbonyl (C=O) groups excluding carboxylic acids is 1. The molecular formula is C20H29N3O2. The van der Waals surface area contributed by atoms with E-state index in [1.807, 2.05) is 18.5 Å². The zero-order valence-electron chi connectivity index (χ0n) is 15.7. The van der Waals surface area contributed by atoms with Crippen molar-refractivity contribution >= 4 is 5.91 Å². The van der Waals surface area contributed by atoms with E-state index in [1.54, 1.807) is 0 Å². The quantitative estimate of drug-likeness (QED) is 0.774. The van der Waals surface area contributed by atoms with Crippen molar-refractivity contribution < 1.29 is 9.90 Å². The summed E-state index contributed by atoms with van der Waals surface area (Å²) in [7, 11) is 0. The molecule has 2 rings (SSSR count). The Balaban J connectivity index is 1.99. The van der Waals surface area contributed by atoms with E-state index in [2.05, 4.69) is 48.5 Å². The Morgan fingerprint density at radius 3 is 2.56 bits per heavy atom. The summed E-state index contributed by atoms with van der Waals surface area (Å²) >= 11 is 0. The minimum absolute atomic E-state index is 0.00366. The summed E-state index contributed by atoms with van der Waals surface area (Å²) in [6.45, 7) is 8.89. The molecule has 5 heteroatoms. The summed E-state index contributed by atoms with van der Waals surface area (Å²) in [5.74, 6) is 0.0195. The Morgan fingerprint density at radius 2 is 1.92 bits per heavy atom. The van der Waals surface area contributed by atoms with Gasteiger partial charge in [-0.25, -0.2) is 0 Å². The van der Waals surface area contributed by atoms with Crippen LogP contribution in [0.15, 0.2) is 24.3 Å². The molecule has 1 atom stereocenters. The number of hydrogen-bond acceptors (Lipinski definition) is 3. The highest BCUT2D eigenvalue weighted by Crippen LogP contribution is 2.17. The minimum atomic E-state index is 0.00366. The number of rotatable bonds is 8. The average Bonchev–Trinajstić information content (AvgIpc) is 2.81. The van der Waals surface area contributed by atoms with Gasteiger partial charge in [-0.15, -0.1) is 0 Å². The van der Waals surface area contributed by atoms with Crippen molar-refractivity contribution in [2.24, 2.45) is 0 Å². The third-order valence-electron chi connectivity index (χ3n) is 4.56. The molecule has 2 N–H and O–H groups in total. The van der Waals surface area contributed by atoms with E-state index in [9.17, 15) is 4.79 Å². The van der Waals surface area contributed by atoms with Crippen LogP contribution < -0.4 is 5.32 Å². The highest BCUT2D eigenvalue weighted by atomic mass is 16.3. The summed E-state index contributed by atoms with van der Waals surface area (Å²) in [6.07, 6.45) is 1.70. The highest BCUT2D eigenvalue weighted by Gasteiger charge is 2.14. The van der Waals surface area contributed by atoms with Crippen LogP contribution in [0, 0.1) is 20.8 Å². The van der Waals surface area contributed by atoms with E-state index < -0.39 is 0 Å². The number of carbonyl (C=O) groups is 1. The third-order valence-corrected chi connectivity index (χ3v) is 4.56. The zero-order valence-corrected chi connectivity index (χ0v) is 15.7. The molecule has 0 spiro atoms. The van der Waals surface area contributed by atoms with E-state index in [-0.39, 0.29) is 18.6 Å². The van der Waals surface area contributed by atoms with E-state index in [0.717, 1.165) is 23.5 Å². The second-order valence-electron chi connectivity index (χ2n) is 6.77. The minimum Gasteiger partial charge on any atom is -0.396 e. The molecule has 0 radical (unpaired) electrons. The first kappa shape index (κ1) is 19.2. The number of amides is 1. The predicted molar refractivity (Wildman–Crippen MR) is 99.6 cm³/mol. The van der Waals surface area contributed by atoms with Gasteiger partial charge in [-0.2, -0.15) is 5.10 Å². The Morgan fingerprint density at radius 1 is 1.24 bits per heavy atom. The van der Waals surface area contributed by atoms with Crippen molar-refractivity contribution in [2.75, 3.05) is 6.61 Å². The Bertz CT molecular complexity index is 704. The lowest BCUT2D eigenvalue weighted by Crippen LogP contribution is -2.33. The van der Waals surface area contributed by atoms with Gasteiger partial charge < -0.3 is 10.4 Å². The van der Waals surface area contributed by atoms with Gasteiger partial charge in [0, 0.05) is 24.8 Å². The highest BCUT2D eigenvalue weighted by molar-refractivity contribution is 5.76. The van der Waals surface area contributed by atoms with Crippen molar-refractivity contribution in [1.82, 2.24) is 15.1 Å². The van der Waals surface area contributed by atoms with E-state index in [0.29, 0.717) is 19.3 Å². The number of aliphatic hydroxyl groups excluding tert-OH is 1. The molecule has 25 heavy (non-hydrogen) atoms. The van der Waals surface area contributed by atoms with Gasteiger partial charge in [-0.3, -0.25) is 9.48 Å². The van der Waals surface area contributed by atoms with Crippen molar-refractivity contribution in [3.8, 4) is 0 Å². The first-order valence-corrected chi connectivity index (χ1v) is 8.89. The lowest BCUT2D eigenvalue weighted by atomic mass is 10.1. The van der Waals surface area contributed by atoms with Crippen LogP contribution in [0.2, 0.25) is 0 Å². The summed E-state index contributed by atoms with van der Waals surface area (Å²) in [4.78, 5) is 12.0.